The zero-order chi connectivity index (χ0) is 23.8. The van der Waals surface area contributed by atoms with Crippen LogP contribution in [0.3, 0.4) is 0 Å². The van der Waals surface area contributed by atoms with E-state index < -0.39 is 0 Å². The van der Waals surface area contributed by atoms with Gasteiger partial charge in [0.2, 0.25) is 0 Å². The Kier molecular flexibility index (Phi) is 5.79. The first-order valence-corrected chi connectivity index (χ1v) is 13.2. The van der Waals surface area contributed by atoms with E-state index in [-0.39, 0.29) is 0 Å². The van der Waals surface area contributed by atoms with Gasteiger partial charge in [-0.1, -0.05) is 98.1 Å². The fourth-order valence-electron chi connectivity index (χ4n) is 5.06. The third kappa shape index (κ3) is 4.21. The van der Waals surface area contributed by atoms with Crippen LogP contribution >= 0.6 is 11.7 Å². The van der Waals surface area contributed by atoms with E-state index in [4.69, 9.17) is 8.75 Å². The average Bonchev–Trinajstić information content (AvgIpc) is 3.38. The third-order valence-corrected chi connectivity index (χ3v) is 7.54. The predicted molar refractivity (Wildman–Crippen MR) is 151 cm³/mol. The van der Waals surface area contributed by atoms with E-state index in [1.54, 1.807) is 0 Å². The minimum Gasteiger partial charge on any atom is -0.172 e. The topological polar surface area (TPSA) is 25.8 Å². The molecule has 6 aromatic rings. The van der Waals surface area contributed by atoms with Crippen LogP contribution < -0.4 is 0 Å². The molecule has 0 unspecified atom stereocenters. The zero-order valence-electron chi connectivity index (χ0n) is 20.2. The largest absolute Gasteiger partial charge is 0.172 e. The summed E-state index contributed by atoms with van der Waals surface area (Å²) in [6.07, 6.45) is 4.98. The Balaban J connectivity index is 1.39. The lowest BCUT2D eigenvalue weighted by Crippen LogP contribution is -1.88. The second-order valence-electron chi connectivity index (χ2n) is 9.54. The fraction of sp³-hybridized carbons (Fsp3) is 0.188. The molecule has 0 spiro atoms. The average molecular weight is 473 g/mol. The number of aryl methyl sites for hydroxylation is 2. The normalized spacial score (nSPS) is 11.6. The highest BCUT2D eigenvalue weighted by Gasteiger charge is 2.14. The second kappa shape index (κ2) is 9.24. The highest BCUT2D eigenvalue weighted by atomic mass is 32.1. The van der Waals surface area contributed by atoms with Crippen molar-refractivity contribution < 1.29 is 0 Å². The summed E-state index contributed by atoms with van der Waals surface area (Å²) in [5.41, 5.74) is 9.32. The quantitative estimate of drug-likeness (QED) is 0.226. The number of hydrogen-bond donors (Lipinski definition) is 0. The number of unbranched alkanes of at least 4 members (excludes halogenated alkanes) is 2. The standard InChI is InChI=1S/C32H28N2S/c1-3-4-5-6-22-8-10-26-20-28(14-12-24(26)18-22)30-16-15-29(31-32(30)34-35-33-31)27-13-11-23-17-21(2)7-9-25(23)19-27/h7-20H,3-6H2,1-2H3. The smallest absolute Gasteiger partial charge is 0.113 e. The maximum absolute atomic E-state index is 4.72. The molecule has 1 aromatic heterocycles. The van der Waals surface area contributed by atoms with Gasteiger partial charge in [0, 0.05) is 11.1 Å². The third-order valence-electron chi connectivity index (χ3n) is 7.01. The first-order valence-electron chi connectivity index (χ1n) is 12.5. The molecule has 2 nitrogen and oxygen atoms in total. The van der Waals surface area contributed by atoms with Crippen LogP contribution in [0.1, 0.15) is 37.3 Å². The van der Waals surface area contributed by atoms with Crippen LogP contribution in [0.4, 0.5) is 0 Å². The molecule has 0 radical (unpaired) electrons. The molecule has 3 heteroatoms. The summed E-state index contributed by atoms with van der Waals surface area (Å²) in [6, 6.07) is 31.3. The number of rotatable bonds is 6. The minimum absolute atomic E-state index is 0.977. The number of nitrogens with zero attached hydrogens (tertiary/aromatic N) is 2. The fourth-order valence-corrected chi connectivity index (χ4v) is 5.64. The molecule has 0 saturated heterocycles. The van der Waals surface area contributed by atoms with E-state index in [2.05, 4.69) is 98.8 Å². The molecule has 172 valence electrons. The Morgan fingerprint density at radius 3 is 1.83 bits per heavy atom. The van der Waals surface area contributed by atoms with Crippen LogP contribution in [-0.4, -0.2) is 8.75 Å². The van der Waals surface area contributed by atoms with Gasteiger partial charge < -0.3 is 0 Å². The van der Waals surface area contributed by atoms with E-state index in [0.717, 1.165) is 28.6 Å². The van der Waals surface area contributed by atoms with Gasteiger partial charge in [-0.25, -0.2) is 0 Å². The van der Waals surface area contributed by atoms with E-state index in [1.807, 2.05) is 0 Å². The van der Waals surface area contributed by atoms with Crippen molar-refractivity contribution in [2.75, 3.05) is 0 Å². The summed E-state index contributed by atoms with van der Waals surface area (Å²) in [5.74, 6) is 0. The van der Waals surface area contributed by atoms with Gasteiger partial charge in [0.05, 0.1) is 11.7 Å². The zero-order valence-corrected chi connectivity index (χ0v) is 21.0. The van der Waals surface area contributed by atoms with Crippen LogP contribution in [0.5, 0.6) is 0 Å². The Labute approximate surface area is 210 Å². The number of hydrogen-bond acceptors (Lipinski definition) is 3. The Morgan fingerprint density at radius 1 is 0.600 bits per heavy atom. The lowest BCUT2D eigenvalue weighted by atomic mass is 9.94. The van der Waals surface area contributed by atoms with Crippen LogP contribution in [0.2, 0.25) is 0 Å². The Hall–Kier alpha value is -3.56. The summed E-state index contributed by atoms with van der Waals surface area (Å²) in [4.78, 5) is 0. The van der Waals surface area contributed by atoms with Gasteiger partial charge in [-0.2, -0.15) is 8.75 Å². The number of fused-ring (bicyclic) bond motifs is 3. The molecular formula is C32H28N2S. The molecule has 5 aromatic carbocycles. The highest BCUT2D eigenvalue weighted by molar-refractivity contribution is 7.00. The lowest BCUT2D eigenvalue weighted by molar-refractivity contribution is 0.718. The predicted octanol–water partition coefficient (Wildman–Crippen LogP) is 9.37. The van der Waals surface area contributed by atoms with Crippen molar-refractivity contribution in [1.29, 1.82) is 0 Å². The van der Waals surface area contributed by atoms with E-state index in [0.29, 0.717) is 0 Å². The Morgan fingerprint density at radius 2 is 1.17 bits per heavy atom. The Bertz CT molecular complexity index is 1680. The molecule has 0 aliphatic carbocycles. The maximum atomic E-state index is 4.72. The van der Waals surface area contributed by atoms with Gasteiger partial charge >= 0.3 is 0 Å². The summed E-state index contributed by atoms with van der Waals surface area (Å²) < 4.78 is 9.44. The number of benzene rings is 5. The summed E-state index contributed by atoms with van der Waals surface area (Å²) in [5, 5.41) is 5.09. The molecule has 0 atom stereocenters. The monoisotopic (exact) mass is 472 g/mol. The van der Waals surface area contributed by atoms with Crippen LogP contribution in [0.25, 0.3) is 54.8 Å². The minimum atomic E-state index is 0.977. The van der Waals surface area contributed by atoms with Crippen molar-refractivity contribution in [3.8, 4) is 22.3 Å². The van der Waals surface area contributed by atoms with Crippen molar-refractivity contribution in [3.05, 3.63) is 96.1 Å². The van der Waals surface area contributed by atoms with Crippen molar-refractivity contribution in [1.82, 2.24) is 8.75 Å². The molecule has 1 heterocycles. The first-order chi connectivity index (χ1) is 17.2. The molecule has 35 heavy (non-hydrogen) atoms. The van der Waals surface area contributed by atoms with Gasteiger partial charge in [-0.05, 0) is 70.1 Å². The van der Waals surface area contributed by atoms with E-state index >= 15 is 0 Å². The van der Waals surface area contributed by atoms with Gasteiger partial charge in [0.15, 0.2) is 0 Å². The molecule has 0 aliphatic rings. The van der Waals surface area contributed by atoms with Crippen molar-refractivity contribution >= 4 is 44.3 Å². The number of aromatic nitrogens is 2. The second-order valence-corrected chi connectivity index (χ2v) is 10.1. The maximum Gasteiger partial charge on any atom is 0.113 e. The van der Waals surface area contributed by atoms with Crippen LogP contribution in [0, 0.1) is 6.92 Å². The lowest BCUT2D eigenvalue weighted by Gasteiger charge is -2.10. The van der Waals surface area contributed by atoms with Crippen molar-refractivity contribution in [3.63, 3.8) is 0 Å². The first kappa shape index (κ1) is 21.9. The van der Waals surface area contributed by atoms with Gasteiger partial charge in [0.1, 0.15) is 11.0 Å². The van der Waals surface area contributed by atoms with Gasteiger partial charge in [-0.15, -0.1) is 0 Å². The molecule has 0 saturated carbocycles. The molecule has 0 N–H and O–H groups in total. The van der Waals surface area contributed by atoms with Crippen molar-refractivity contribution in [2.24, 2.45) is 0 Å². The summed E-state index contributed by atoms with van der Waals surface area (Å²) >= 11 is 1.29. The van der Waals surface area contributed by atoms with Crippen LogP contribution in [0.15, 0.2) is 84.9 Å². The van der Waals surface area contributed by atoms with E-state index in [1.165, 1.54) is 74.8 Å². The molecule has 0 fully saturated rings. The van der Waals surface area contributed by atoms with Crippen LogP contribution in [-0.2, 0) is 6.42 Å². The van der Waals surface area contributed by atoms with E-state index in [9.17, 15) is 0 Å². The van der Waals surface area contributed by atoms with Gasteiger partial charge in [0.25, 0.3) is 0 Å². The molecule has 0 amide bonds. The van der Waals surface area contributed by atoms with Crippen molar-refractivity contribution in [2.45, 2.75) is 39.5 Å². The summed E-state index contributed by atoms with van der Waals surface area (Å²) in [6.45, 7) is 4.39. The highest BCUT2D eigenvalue weighted by Crippen LogP contribution is 2.36. The SMILES string of the molecule is CCCCCc1ccc2cc(-c3ccc(-c4ccc5cc(C)ccc5c4)c4nsnc34)ccc2c1. The molecular weight excluding hydrogens is 444 g/mol. The summed E-state index contributed by atoms with van der Waals surface area (Å²) in [7, 11) is 0. The van der Waals surface area contributed by atoms with Gasteiger partial charge in [-0.3, -0.25) is 0 Å². The molecule has 0 aliphatic heterocycles. The molecule has 6 rings (SSSR count). The molecule has 0 bridgehead atoms.